The Labute approximate surface area is 193 Å². The second-order valence-corrected chi connectivity index (χ2v) is 8.46. The van der Waals surface area contributed by atoms with Gasteiger partial charge in [-0.25, -0.2) is 0 Å². The van der Waals surface area contributed by atoms with Gasteiger partial charge < -0.3 is 14.7 Å². The number of phenolic OH excluding ortho intramolecular Hbond substituents is 1. The average Bonchev–Trinajstić information content (AvgIpc) is 2.82. The maximum Gasteiger partial charge on any atom is 0.258 e. The van der Waals surface area contributed by atoms with Crippen molar-refractivity contribution in [3.63, 3.8) is 0 Å². The van der Waals surface area contributed by atoms with Gasteiger partial charge in [0.15, 0.2) is 0 Å². The van der Waals surface area contributed by atoms with E-state index in [0.717, 1.165) is 37.2 Å². The second-order valence-electron chi connectivity index (χ2n) is 8.02. The number of nitrogens with zero attached hydrogens (tertiary/aromatic N) is 2. The van der Waals surface area contributed by atoms with Crippen molar-refractivity contribution in [2.24, 2.45) is 0 Å². The van der Waals surface area contributed by atoms with E-state index in [2.05, 4.69) is 4.90 Å². The Morgan fingerprint density at radius 1 is 1.06 bits per heavy atom. The van der Waals surface area contributed by atoms with Gasteiger partial charge in [-0.05, 0) is 49.2 Å². The summed E-state index contributed by atoms with van der Waals surface area (Å²) in [4.78, 5) is 17.8. The topological polar surface area (TPSA) is 53.0 Å². The van der Waals surface area contributed by atoms with Crippen molar-refractivity contribution in [3.8, 4) is 11.5 Å². The fourth-order valence-corrected chi connectivity index (χ4v) is 4.43. The first-order chi connectivity index (χ1) is 15.5. The number of carbonyl (C=O) groups is 1. The lowest BCUT2D eigenvalue weighted by Gasteiger charge is -2.39. The number of halogens is 1. The molecule has 1 aliphatic heterocycles. The number of amides is 1. The molecule has 1 fully saturated rings. The first kappa shape index (κ1) is 22.2. The highest BCUT2D eigenvalue weighted by Crippen LogP contribution is 2.30. The number of methoxy groups -OCH3 is 1. The predicted molar refractivity (Wildman–Crippen MR) is 128 cm³/mol. The number of aromatic hydroxyl groups is 1. The van der Waals surface area contributed by atoms with Crippen molar-refractivity contribution in [1.82, 2.24) is 4.90 Å². The molecule has 0 saturated carbocycles. The minimum Gasteiger partial charge on any atom is -0.508 e. The summed E-state index contributed by atoms with van der Waals surface area (Å²) in [6, 6.07) is 22.2. The van der Waals surface area contributed by atoms with E-state index in [1.807, 2.05) is 47.4 Å². The van der Waals surface area contributed by atoms with Gasteiger partial charge in [0, 0.05) is 53.6 Å². The van der Waals surface area contributed by atoms with Gasteiger partial charge in [-0.1, -0.05) is 41.9 Å². The number of para-hydroxylation sites is 1. The van der Waals surface area contributed by atoms with E-state index in [1.165, 1.54) is 0 Å². The molecule has 0 atom stereocenters. The summed E-state index contributed by atoms with van der Waals surface area (Å²) in [6.45, 7) is 2.37. The molecule has 1 saturated heterocycles. The molecule has 1 aliphatic rings. The molecule has 1 heterocycles. The van der Waals surface area contributed by atoms with Crippen LogP contribution in [0.5, 0.6) is 11.5 Å². The summed E-state index contributed by atoms with van der Waals surface area (Å²) in [6.07, 6.45) is 1.66. The lowest BCUT2D eigenvalue weighted by atomic mass is 10.00. The van der Waals surface area contributed by atoms with Crippen molar-refractivity contribution >= 4 is 23.2 Å². The number of rotatable bonds is 6. The highest BCUT2D eigenvalue weighted by molar-refractivity contribution is 6.31. The van der Waals surface area contributed by atoms with Gasteiger partial charge in [-0.3, -0.25) is 9.69 Å². The van der Waals surface area contributed by atoms with Crippen molar-refractivity contribution in [2.45, 2.75) is 25.4 Å². The van der Waals surface area contributed by atoms with Crippen molar-refractivity contribution in [3.05, 3.63) is 88.9 Å². The first-order valence-corrected chi connectivity index (χ1v) is 11.2. The summed E-state index contributed by atoms with van der Waals surface area (Å²) in [7, 11) is 1.62. The van der Waals surface area contributed by atoms with Gasteiger partial charge in [0.25, 0.3) is 5.91 Å². The summed E-state index contributed by atoms with van der Waals surface area (Å²) in [5.41, 5.74) is 2.30. The third kappa shape index (κ3) is 5.06. The van der Waals surface area contributed by atoms with Gasteiger partial charge in [-0.2, -0.15) is 0 Å². The molecule has 0 bridgehead atoms. The molecule has 0 aromatic heterocycles. The number of carbonyl (C=O) groups excluding carboxylic acids is 1. The molecule has 3 aromatic rings. The van der Waals surface area contributed by atoms with E-state index in [1.54, 1.807) is 37.4 Å². The zero-order valence-corrected chi connectivity index (χ0v) is 18.8. The molecular formula is C26H27ClN2O3. The smallest absolute Gasteiger partial charge is 0.258 e. The maximum atomic E-state index is 13.6. The van der Waals surface area contributed by atoms with E-state index in [9.17, 15) is 9.90 Å². The Morgan fingerprint density at radius 3 is 2.53 bits per heavy atom. The van der Waals surface area contributed by atoms with Crippen LogP contribution < -0.4 is 9.64 Å². The fraction of sp³-hybridized carbons (Fsp3) is 0.269. The lowest BCUT2D eigenvalue weighted by molar-refractivity contribution is 0.0958. The fourth-order valence-electron chi connectivity index (χ4n) is 4.24. The second kappa shape index (κ2) is 10.1. The van der Waals surface area contributed by atoms with Crippen LogP contribution in [0, 0.1) is 0 Å². The molecule has 32 heavy (non-hydrogen) atoms. The van der Waals surface area contributed by atoms with Crippen molar-refractivity contribution in [1.29, 1.82) is 0 Å². The van der Waals surface area contributed by atoms with Crippen LogP contribution in [-0.4, -0.2) is 42.2 Å². The molecule has 166 valence electrons. The number of anilines is 1. The Bertz CT molecular complexity index is 1080. The Balaban J connectivity index is 1.55. The maximum absolute atomic E-state index is 13.6. The lowest BCUT2D eigenvalue weighted by Crippen LogP contribution is -2.47. The molecule has 1 amide bonds. The monoisotopic (exact) mass is 450 g/mol. The van der Waals surface area contributed by atoms with Gasteiger partial charge in [-0.15, -0.1) is 0 Å². The van der Waals surface area contributed by atoms with E-state index in [-0.39, 0.29) is 11.9 Å². The van der Waals surface area contributed by atoms with Crippen LogP contribution in [0.1, 0.15) is 28.8 Å². The number of hydrogen-bond donors (Lipinski definition) is 1. The molecule has 4 rings (SSSR count). The number of likely N-dealkylation sites (tertiary alicyclic amines) is 1. The summed E-state index contributed by atoms with van der Waals surface area (Å²) >= 11 is 6.16. The van der Waals surface area contributed by atoms with Crippen LogP contribution in [-0.2, 0) is 6.54 Å². The minimum atomic E-state index is -0.0695. The van der Waals surface area contributed by atoms with E-state index in [4.69, 9.17) is 16.3 Å². The Hall–Kier alpha value is -3.02. The summed E-state index contributed by atoms with van der Waals surface area (Å²) in [5, 5.41) is 10.6. The molecule has 0 unspecified atom stereocenters. The Kier molecular flexibility index (Phi) is 6.98. The average molecular weight is 451 g/mol. The van der Waals surface area contributed by atoms with Gasteiger partial charge >= 0.3 is 0 Å². The summed E-state index contributed by atoms with van der Waals surface area (Å²) < 4.78 is 5.40. The number of benzene rings is 3. The van der Waals surface area contributed by atoms with E-state index >= 15 is 0 Å². The number of ether oxygens (including phenoxy) is 1. The van der Waals surface area contributed by atoms with Crippen LogP contribution in [0.15, 0.2) is 72.8 Å². The van der Waals surface area contributed by atoms with Crippen molar-refractivity contribution < 1.29 is 14.6 Å². The van der Waals surface area contributed by atoms with Gasteiger partial charge in [0.05, 0.1) is 7.11 Å². The highest BCUT2D eigenvalue weighted by Gasteiger charge is 2.30. The molecule has 0 aliphatic carbocycles. The van der Waals surface area contributed by atoms with Gasteiger partial charge in [0.1, 0.15) is 11.5 Å². The molecule has 1 N–H and O–H groups in total. The minimum absolute atomic E-state index is 0.0502. The van der Waals surface area contributed by atoms with Crippen LogP contribution >= 0.6 is 11.6 Å². The number of phenols is 1. The number of hydrogen-bond acceptors (Lipinski definition) is 4. The quantitative estimate of drug-likeness (QED) is 0.548. The number of piperidine rings is 1. The molecule has 6 heteroatoms. The third-order valence-electron chi connectivity index (χ3n) is 5.93. The zero-order valence-electron chi connectivity index (χ0n) is 18.1. The van der Waals surface area contributed by atoms with Crippen LogP contribution in [0.2, 0.25) is 5.02 Å². The SMILES string of the molecule is COc1cccc(N(C(=O)c2cccc(Cl)c2)C2CCN(Cc3ccccc3O)CC2)c1. The zero-order chi connectivity index (χ0) is 22.5. The third-order valence-corrected chi connectivity index (χ3v) is 6.16. The largest absolute Gasteiger partial charge is 0.508 e. The molecule has 5 nitrogen and oxygen atoms in total. The molecule has 0 spiro atoms. The normalized spacial score (nSPS) is 14.8. The van der Waals surface area contributed by atoms with Crippen LogP contribution in [0.3, 0.4) is 0 Å². The van der Waals surface area contributed by atoms with Crippen molar-refractivity contribution in [2.75, 3.05) is 25.1 Å². The first-order valence-electron chi connectivity index (χ1n) is 10.8. The van der Waals surface area contributed by atoms with E-state index in [0.29, 0.717) is 28.6 Å². The predicted octanol–water partition coefficient (Wildman–Crippen LogP) is 5.37. The Morgan fingerprint density at radius 2 is 1.81 bits per heavy atom. The van der Waals surface area contributed by atoms with E-state index < -0.39 is 0 Å². The summed E-state index contributed by atoms with van der Waals surface area (Å²) in [5.74, 6) is 0.965. The van der Waals surface area contributed by atoms with Gasteiger partial charge in [0.2, 0.25) is 0 Å². The highest BCUT2D eigenvalue weighted by atomic mass is 35.5. The molecular weight excluding hydrogens is 424 g/mol. The van der Waals surface area contributed by atoms with Crippen LogP contribution in [0.25, 0.3) is 0 Å². The molecule has 0 radical (unpaired) electrons. The van der Waals surface area contributed by atoms with Crippen LogP contribution in [0.4, 0.5) is 5.69 Å². The standard InChI is InChI=1S/C26H27ClN2O3/c1-32-24-10-5-9-23(17-24)29(26(31)19-7-4-8-21(27)16-19)22-12-14-28(15-13-22)18-20-6-2-3-11-25(20)30/h2-11,16-17,22,30H,12-15,18H2,1H3. The molecule has 3 aromatic carbocycles.